The number of aliphatic hydroxyl groups excluding tert-OH is 1. The number of benzene rings is 2. The molecule has 2 rings (SSSR count). The van der Waals surface area contributed by atoms with Gasteiger partial charge in [-0.3, -0.25) is 0 Å². The van der Waals surface area contributed by atoms with Crippen molar-refractivity contribution in [2.75, 3.05) is 0 Å². The molecule has 0 spiro atoms. The molecule has 0 radical (unpaired) electrons. The Labute approximate surface area is 127 Å². The van der Waals surface area contributed by atoms with Crippen LogP contribution in [0.1, 0.15) is 17.2 Å². The van der Waals surface area contributed by atoms with Crippen molar-refractivity contribution in [3.8, 4) is 0 Å². The van der Waals surface area contributed by atoms with E-state index in [1.807, 2.05) is 30.3 Å². The maximum atomic E-state index is 13.2. The van der Waals surface area contributed by atoms with Gasteiger partial charge in [0.15, 0.2) is 0 Å². The number of hydrogen-bond acceptors (Lipinski definition) is 1. The predicted molar refractivity (Wildman–Crippen MR) is 81.9 cm³/mol. The molecule has 0 saturated carbocycles. The van der Waals surface area contributed by atoms with E-state index in [1.54, 1.807) is 0 Å². The molecule has 18 heavy (non-hydrogen) atoms. The SMILES string of the molecule is OC(Cc1cc(F)cc(Br)c1)c1ccccc1I. The van der Waals surface area contributed by atoms with E-state index in [0.29, 0.717) is 10.9 Å². The van der Waals surface area contributed by atoms with Crippen LogP contribution < -0.4 is 0 Å². The second-order valence-electron chi connectivity index (χ2n) is 4.02. The van der Waals surface area contributed by atoms with Crippen LogP contribution in [0.25, 0.3) is 0 Å². The van der Waals surface area contributed by atoms with Gasteiger partial charge in [0.2, 0.25) is 0 Å². The highest BCUT2D eigenvalue weighted by Gasteiger charge is 2.12. The maximum Gasteiger partial charge on any atom is 0.124 e. The van der Waals surface area contributed by atoms with Crippen LogP contribution in [-0.2, 0) is 6.42 Å². The normalized spacial score (nSPS) is 12.4. The van der Waals surface area contributed by atoms with Crippen molar-refractivity contribution >= 4 is 38.5 Å². The molecule has 0 aliphatic rings. The predicted octanol–water partition coefficient (Wildman–Crippen LogP) is 4.47. The Morgan fingerprint density at radius 1 is 1.22 bits per heavy atom. The van der Waals surface area contributed by atoms with Gasteiger partial charge in [0.05, 0.1) is 6.10 Å². The lowest BCUT2D eigenvalue weighted by Gasteiger charge is -2.13. The summed E-state index contributed by atoms with van der Waals surface area (Å²) in [7, 11) is 0. The Morgan fingerprint density at radius 2 is 1.94 bits per heavy atom. The molecule has 1 atom stereocenters. The minimum absolute atomic E-state index is 0.297. The van der Waals surface area contributed by atoms with Gasteiger partial charge in [-0.25, -0.2) is 4.39 Å². The van der Waals surface area contributed by atoms with E-state index in [-0.39, 0.29) is 5.82 Å². The van der Waals surface area contributed by atoms with Gasteiger partial charge in [0.25, 0.3) is 0 Å². The lowest BCUT2D eigenvalue weighted by Crippen LogP contribution is -2.04. The van der Waals surface area contributed by atoms with Crippen molar-refractivity contribution in [1.29, 1.82) is 0 Å². The first kappa shape index (κ1) is 14.0. The molecule has 2 aromatic rings. The van der Waals surface area contributed by atoms with Gasteiger partial charge in [0, 0.05) is 14.5 Å². The molecular weight excluding hydrogens is 410 g/mol. The first-order valence-corrected chi connectivity index (χ1v) is 7.31. The first-order chi connectivity index (χ1) is 8.56. The molecule has 0 aliphatic heterocycles. The van der Waals surface area contributed by atoms with Crippen molar-refractivity contribution in [2.24, 2.45) is 0 Å². The van der Waals surface area contributed by atoms with E-state index in [9.17, 15) is 9.50 Å². The molecule has 0 saturated heterocycles. The van der Waals surface area contributed by atoms with E-state index in [0.717, 1.165) is 14.7 Å². The first-order valence-electron chi connectivity index (χ1n) is 5.44. The molecule has 1 unspecified atom stereocenters. The number of halogens is 3. The highest BCUT2D eigenvalue weighted by molar-refractivity contribution is 14.1. The Hall–Kier alpha value is -0.460. The van der Waals surface area contributed by atoms with Crippen molar-refractivity contribution in [3.63, 3.8) is 0 Å². The monoisotopic (exact) mass is 420 g/mol. The quantitative estimate of drug-likeness (QED) is 0.726. The third-order valence-corrected chi connectivity index (χ3v) is 4.06. The van der Waals surface area contributed by atoms with Crippen molar-refractivity contribution in [2.45, 2.75) is 12.5 Å². The molecule has 2 aromatic carbocycles. The van der Waals surface area contributed by atoms with Crippen LogP contribution in [0.3, 0.4) is 0 Å². The van der Waals surface area contributed by atoms with Crippen molar-refractivity contribution in [1.82, 2.24) is 0 Å². The zero-order valence-electron chi connectivity index (χ0n) is 9.41. The van der Waals surface area contributed by atoms with Crippen LogP contribution in [-0.4, -0.2) is 5.11 Å². The van der Waals surface area contributed by atoms with Crippen LogP contribution in [0.4, 0.5) is 4.39 Å². The summed E-state index contributed by atoms with van der Waals surface area (Å²) in [6, 6.07) is 12.3. The summed E-state index contributed by atoms with van der Waals surface area (Å²) in [4.78, 5) is 0. The van der Waals surface area contributed by atoms with Crippen LogP contribution in [0.5, 0.6) is 0 Å². The molecule has 0 heterocycles. The largest absolute Gasteiger partial charge is 0.388 e. The Balaban J connectivity index is 2.21. The smallest absolute Gasteiger partial charge is 0.124 e. The number of aliphatic hydroxyl groups is 1. The Bertz CT molecular complexity index is 539. The summed E-state index contributed by atoms with van der Waals surface area (Å²) in [5.41, 5.74) is 1.65. The minimum atomic E-state index is -0.619. The molecule has 1 nitrogen and oxygen atoms in total. The van der Waals surface area contributed by atoms with Crippen LogP contribution in [0.2, 0.25) is 0 Å². The van der Waals surface area contributed by atoms with E-state index < -0.39 is 6.10 Å². The second-order valence-corrected chi connectivity index (χ2v) is 6.10. The fourth-order valence-electron chi connectivity index (χ4n) is 1.81. The third-order valence-electron chi connectivity index (χ3n) is 2.62. The van der Waals surface area contributed by atoms with E-state index in [2.05, 4.69) is 38.5 Å². The molecule has 0 fully saturated rings. The molecule has 0 amide bonds. The summed E-state index contributed by atoms with van der Waals surface area (Å²) in [5.74, 6) is -0.297. The fourth-order valence-corrected chi connectivity index (χ4v) is 3.07. The van der Waals surface area contributed by atoms with Crippen LogP contribution >= 0.6 is 38.5 Å². The van der Waals surface area contributed by atoms with Gasteiger partial charge in [-0.05, 0) is 58.0 Å². The average Bonchev–Trinajstić information content (AvgIpc) is 2.27. The molecule has 0 aromatic heterocycles. The van der Waals surface area contributed by atoms with Crippen LogP contribution in [0, 0.1) is 9.39 Å². The number of rotatable bonds is 3. The van der Waals surface area contributed by atoms with Gasteiger partial charge >= 0.3 is 0 Å². The number of hydrogen-bond donors (Lipinski definition) is 1. The van der Waals surface area contributed by atoms with Crippen molar-refractivity contribution < 1.29 is 9.50 Å². The molecule has 0 aliphatic carbocycles. The molecule has 0 bridgehead atoms. The maximum absolute atomic E-state index is 13.2. The zero-order valence-corrected chi connectivity index (χ0v) is 13.2. The second kappa shape index (κ2) is 6.12. The Morgan fingerprint density at radius 3 is 2.61 bits per heavy atom. The van der Waals surface area contributed by atoms with Gasteiger partial charge in [-0.1, -0.05) is 34.1 Å². The topological polar surface area (TPSA) is 20.2 Å². The molecular formula is C14H11BrFIO. The molecule has 94 valence electrons. The van der Waals surface area contributed by atoms with Gasteiger partial charge in [0.1, 0.15) is 5.82 Å². The third kappa shape index (κ3) is 3.52. The van der Waals surface area contributed by atoms with E-state index >= 15 is 0 Å². The summed E-state index contributed by atoms with van der Waals surface area (Å²) in [6.07, 6.45) is -0.220. The molecule has 1 N–H and O–H groups in total. The highest BCUT2D eigenvalue weighted by Crippen LogP contribution is 2.24. The van der Waals surface area contributed by atoms with Crippen LogP contribution in [0.15, 0.2) is 46.9 Å². The summed E-state index contributed by atoms with van der Waals surface area (Å²) in [5, 5.41) is 10.2. The lowest BCUT2D eigenvalue weighted by molar-refractivity contribution is 0.177. The zero-order chi connectivity index (χ0) is 13.1. The lowest BCUT2D eigenvalue weighted by atomic mass is 10.0. The van der Waals surface area contributed by atoms with E-state index in [4.69, 9.17) is 0 Å². The van der Waals surface area contributed by atoms with Crippen molar-refractivity contribution in [3.05, 3.63) is 67.5 Å². The Kier molecular flexibility index (Phi) is 4.75. The fraction of sp³-hybridized carbons (Fsp3) is 0.143. The van der Waals surface area contributed by atoms with E-state index in [1.165, 1.54) is 12.1 Å². The summed E-state index contributed by atoms with van der Waals surface area (Å²) >= 11 is 5.44. The molecule has 4 heteroatoms. The average molecular weight is 421 g/mol. The summed E-state index contributed by atoms with van der Waals surface area (Å²) in [6.45, 7) is 0. The van der Waals surface area contributed by atoms with Gasteiger partial charge in [-0.15, -0.1) is 0 Å². The van der Waals surface area contributed by atoms with Gasteiger partial charge in [-0.2, -0.15) is 0 Å². The highest BCUT2D eigenvalue weighted by atomic mass is 127. The summed E-state index contributed by atoms with van der Waals surface area (Å²) < 4.78 is 14.9. The van der Waals surface area contributed by atoms with Gasteiger partial charge < -0.3 is 5.11 Å². The minimum Gasteiger partial charge on any atom is -0.388 e. The standard InChI is InChI=1S/C14H11BrFIO/c15-10-5-9(6-11(16)8-10)7-14(18)12-3-1-2-4-13(12)17/h1-6,8,14,18H,7H2.